The number of rotatable bonds is 6. The van der Waals surface area contributed by atoms with E-state index in [9.17, 15) is 14.4 Å². The quantitative estimate of drug-likeness (QED) is 0.602. The van der Waals surface area contributed by atoms with Crippen molar-refractivity contribution in [3.8, 4) is 0 Å². The Morgan fingerprint density at radius 2 is 1.64 bits per heavy atom. The van der Waals surface area contributed by atoms with E-state index in [-0.39, 0.29) is 33.6 Å². The predicted molar refractivity (Wildman–Crippen MR) is 96.0 cm³/mol. The molecule has 2 aliphatic rings. The minimum absolute atomic E-state index is 0.188. The second-order valence-corrected chi connectivity index (χ2v) is 7.47. The van der Waals surface area contributed by atoms with Crippen LogP contribution in [0.4, 0.5) is 0 Å². The van der Waals surface area contributed by atoms with Crippen LogP contribution in [-0.2, 0) is 4.79 Å². The van der Waals surface area contributed by atoms with Gasteiger partial charge in [0, 0.05) is 6.54 Å². The summed E-state index contributed by atoms with van der Waals surface area (Å²) in [6, 6.07) is 2.75. The lowest BCUT2D eigenvalue weighted by atomic mass is 10.0. The van der Waals surface area contributed by atoms with Gasteiger partial charge in [-0.1, -0.05) is 48.9 Å². The summed E-state index contributed by atoms with van der Waals surface area (Å²) in [5, 5.41) is 3.20. The van der Waals surface area contributed by atoms with Crippen LogP contribution in [0.3, 0.4) is 0 Å². The van der Waals surface area contributed by atoms with Crippen LogP contribution in [0.1, 0.15) is 59.2 Å². The van der Waals surface area contributed by atoms with Gasteiger partial charge in [0.2, 0.25) is 5.91 Å². The minimum atomic E-state index is -0.514. The molecule has 1 fully saturated rings. The fourth-order valence-corrected chi connectivity index (χ4v) is 3.87. The number of fused-ring (bicyclic) bond motifs is 1. The van der Waals surface area contributed by atoms with E-state index in [0.717, 1.165) is 23.7 Å². The molecule has 1 aliphatic carbocycles. The van der Waals surface area contributed by atoms with Crippen molar-refractivity contribution < 1.29 is 14.4 Å². The molecule has 7 heteroatoms. The van der Waals surface area contributed by atoms with Crippen LogP contribution in [0.25, 0.3) is 0 Å². The Morgan fingerprint density at radius 1 is 1.08 bits per heavy atom. The molecule has 0 spiro atoms. The summed E-state index contributed by atoms with van der Waals surface area (Å²) >= 11 is 11.8. The minimum Gasteiger partial charge on any atom is -0.355 e. The van der Waals surface area contributed by atoms with E-state index in [2.05, 4.69) is 5.32 Å². The predicted octanol–water partition coefficient (Wildman–Crippen LogP) is 3.68. The molecule has 1 aliphatic heterocycles. The molecule has 1 aromatic carbocycles. The van der Waals surface area contributed by atoms with Crippen molar-refractivity contribution in [3.63, 3.8) is 0 Å². The summed E-state index contributed by atoms with van der Waals surface area (Å²) in [5.74, 6) is -0.583. The van der Waals surface area contributed by atoms with Gasteiger partial charge in [-0.15, -0.1) is 0 Å². The highest BCUT2D eigenvalue weighted by molar-refractivity contribution is 6.43. The molecule has 134 valence electrons. The first-order valence-electron chi connectivity index (χ1n) is 8.59. The summed E-state index contributed by atoms with van der Waals surface area (Å²) in [5.41, 5.74) is 0.377. The summed E-state index contributed by atoms with van der Waals surface area (Å²) in [7, 11) is 0. The second-order valence-electron chi connectivity index (χ2n) is 6.65. The Labute approximate surface area is 156 Å². The zero-order valence-electron chi connectivity index (χ0n) is 13.8. The van der Waals surface area contributed by atoms with Gasteiger partial charge in [-0.05, 0) is 30.9 Å². The fraction of sp³-hybridized carbons (Fsp3) is 0.500. The molecular formula is C18H20Cl2N2O3. The Morgan fingerprint density at radius 3 is 2.20 bits per heavy atom. The number of amides is 3. The van der Waals surface area contributed by atoms with E-state index < -0.39 is 11.8 Å². The molecule has 1 aromatic rings. The smallest absolute Gasteiger partial charge is 0.262 e. The Bertz CT molecular complexity index is 674. The Hall–Kier alpha value is -1.59. The first kappa shape index (κ1) is 18.2. The number of hydrogen-bond donors (Lipinski definition) is 1. The van der Waals surface area contributed by atoms with E-state index in [1.54, 1.807) is 0 Å². The number of carbonyl (C=O) groups is 3. The van der Waals surface area contributed by atoms with Crippen LogP contribution in [0, 0.1) is 5.92 Å². The van der Waals surface area contributed by atoms with Gasteiger partial charge in [-0.25, -0.2) is 0 Å². The van der Waals surface area contributed by atoms with Crippen LogP contribution < -0.4 is 5.32 Å². The lowest BCUT2D eigenvalue weighted by Crippen LogP contribution is -2.40. The van der Waals surface area contributed by atoms with Crippen molar-refractivity contribution in [1.82, 2.24) is 10.2 Å². The van der Waals surface area contributed by atoms with E-state index in [1.165, 1.54) is 37.8 Å². The van der Waals surface area contributed by atoms with Gasteiger partial charge in [-0.2, -0.15) is 0 Å². The average Bonchev–Trinajstić information content (AvgIpc) is 3.17. The normalized spacial score (nSPS) is 17.3. The zero-order chi connectivity index (χ0) is 18.0. The standard InChI is InChI=1S/C18H20Cl2N2O3/c19-14-8-12-13(9-15(14)20)18(25)22(17(12)24)10-16(23)21-7-3-6-11-4-1-2-5-11/h8-9,11H,1-7,10H2,(H,21,23). The van der Waals surface area contributed by atoms with E-state index in [1.807, 2.05) is 0 Å². The molecule has 0 saturated heterocycles. The fourth-order valence-electron chi connectivity index (χ4n) is 3.54. The summed E-state index contributed by atoms with van der Waals surface area (Å²) in [6.07, 6.45) is 7.23. The molecule has 0 atom stereocenters. The molecule has 0 unspecified atom stereocenters. The van der Waals surface area contributed by atoms with Crippen molar-refractivity contribution >= 4 is 40.9 Å². The lowest BCUT2D eigenvalue weighted by Gasteiger charge is -2.14. The molecule has 1 heterocycles. The number of imide groups is 1. The highest BCUT2D eigenvalue weighted by Crippen LogP contribution is 2.31. The van der Waals surface area contributed by atoms with Gasteiger partial charge in [0.15, 0.2) is 0 Å². The van der Waals surface area contributed by atoms with Crippen LogP contribution >= 0.6 is 23.2 Å². The average molecular weight is 383 g/mol. The first-order chi connectivity index (χ1) is 12.0. The van der Waals surface area contributed by atoms with Gasteiger partial charge in [0.05, 0.1) is 21.2 Å². The van der Waals surface area contributed by atoms with Crippen LogP contribution in [-0.4, -0.2) is 35.7 Å². The van der Waals surface area contributed by atoms with E-state index >= 15 is 0 Å². The first-order valence-corrected chi connectivity index (χ1v) is 9.35. The zero-order valence-corrected chi connectivity index (χ0v) is 15.3. The van der Waals surface area contributed by atoms with Crippen LogP contribution in [0.5, 0.6) is 0 Å². The van der Waals surface area contributed by atoms with Gasteiger partial charge < -0.3 is 5.32 Å². The maximum absolute atomic E-state index is 12.3. The van der Waals surface area contributed by atoms with Crippen molar-refractivity contribution in [1.29, 1.82) is 0 Å². The van der Waals surface area contributed by atoms with Gasteiger partial charge in [-0.3, -0.25) is 19.3 Å². The third kappa shape index (κ3) is 3.98. The number of carbonyl (C=O) groups excluding carboxylic acids is 3. The van der Waals surface area contributed by atoms with E-state index in [4.69, 9.17) is 23.2 Å². The highest BCUT2D eigenvalue weighted by Gasteiger charge is 2.37. The Balaban J connectivity index is 1.51. The summed E-state index contributed by atoms with van der Waals surface area (Å²) < 4.78 is 0. The highest BCUT2D eigenvalue weighted by atomic mass is 35.5. The number of halogens is 2. The maximum atomic E-state index is 12.3. The van der Waals surface area contributed by atoms with Crippen molar-refractivity contribution in [3.05, 3.63) is 33.3 Å². The van der Waals surface area contributed by atoms with Crippen LogP contribution in [0.15, 0.2) is 12.1 Å². The monoisotopic (exact) mass is 382 g/mol. The largest absolute Gasteiger partial charge is 0.355 e. The van der Waals surface area contributed by atoms with Crippen molar-refractivity contribution in [2.45, 2.75) is 38.5 Å². The molecule has 25 heavy (non-hydrogen) atoms. The summed E-state index contributed by atoms with van der Waals surface area (Å²) in [4.78, 5) is 37.7. The molecule has 0 aromatic heterocycles. The molecule has 3 rings (SSSR count). The molecular weight excluding hydrogens is 363 g/mol. The third-order valence-electron chi connectivity index (χ3n) is 4.90. The van der Waals surface area contributed by atoms with Crippen LogP contribution in [0.2, 0.25) is 10.0 Å². The molecule has 3 amide bonds. The van der Waals surface area contributed by atoms with Crippen molar-refractivity contribution in [2.75, 3.05) is 13.1 Å². The topological polar surface area (TPSA) is 66.5 Å². The Kier molecular flexibility index (Phi) is 5.64. The molecule has 0 bridgehead atoms. The summed E-state index contributed by atoms with van der Waals surface area (Å²) in [6.45, 7) is 0.279. The number of benzene rings is 1. The SMILES string of the molecule is O=C(CN1C(=O)c2cc(Cl)c(Cl)cc2C1=O)NCCCC1CCCC1. The molecule has 5 nitrogen and oxygen atoms in total. The van der Waals surface area contributed by atoms with Gasteiger partial charge in [0.1, 0.15) is 6.54 Å². The second kappa shape index (κ2) is 7.75. The van der Waals surface area contributed by atoms with Crippen molar-refractivity contribution in [2.24, 2.45) is 5.92 Å². The number of nitrogens with one attached hydrogen (secondary N) is 1. The molecule has 1 saturated carbocycles. The van der Waals surface area contributed by atoms with Gasteiger partial charge >= 0.3 is 0 Å². The molecule has 1 N–H and O–H groups in total. The third-order valence-corrected chi connectivity index (χ3v) is 5.62. The van der Waals surface area contributed by atoms with Gasteiger partial charge in [0.25, 0.3) is 11.8 Å². The maximum Gasteiger partial charge on any atom is 0.262 e. The number of nitrogens with zero attached hydrogens (tertiary/aromatic N) is 1. The molecule has 0 radical (unpaired) electrons. The lowest BCUT2D eigenvalue weighted by molar-refractivity contribution is -0.121. The number of hydrogen-bond acceptors (Lipinski definition) is 3. The van der Waals surface area contributed by atoms with E-state index in [0.29, 0.717) is 6.54 Å².